The van der Waals surface area contributed by atoms with E-state index >= 15 is 0 Å². The van der Waals surface area contributed by atoms with Crippen LogP contribution in [0.3, 0.4) is 0 Å². The fraction of sp³-hybridized carbons (Fsp3) is 0.435. The molecular formula is C23H28N4O2S. The average Bonchev–Trinajstić information content (AvgIpc) is 3.15. The first-order chi connectivity index (χ1) is 14.6. The molecule has 1 aromatic carbocycles. The SMILES string of the molecule is CCCN(Cc1cc(=O)n2c(C)csc2n1)C1CCN(C(=O)c2ccccc2)CC1. The third-order valence-electron chi connectivity index (χ3n) is 5.79. The Labute approximate surface area is 180 Å². The van der Waals surface area contributed by atoms with Crippen molar-refractivity contribution in [1.82, 2.24) is 19.2 Å². The molecule has 0 saturated carbocycles. The zero-order valence-electron chi connectivity index (χ0n) is 17.6. The quantitative estimate of drug-likeness (QED) is 0.607. The summed E-state index contributed by atoms with van der Waals surface area (Å²) >= 11 is 1.51. The van der Waals surface area contributed by atoms with Gasteiger partial charge < -0.3 is 4.90 Å². The van der Waals surface area contributed by atoms with Crippen molar-refractivity contribution in [3.05, 3.63) is 69.1 Å². The van der Waals surface area contributed by atoms with Crippen LogP contribution in [-0.2, 0) is 6.54 Å². The molecule has 0 atom stereocenters. The molecule has 0 bridgehead atoms. The van der Waals surface area contributed by atoms with Crippen molar-refractivity contribution >= 4 is 22.2 Å². The van der Waals surface area contributed by atoms with Gasteiger partial charge in [0, 0.05) is 48.4 Å². The van der Waals surface area contributed by atoms with Gasteiger partial charge in [0.05, 0.1) is 5.69 Å². The third-order valence-corrected chi connectivity index (χ3v) is 6.74. The Morgan fingerprint density at radius 1 is 1.23 bits per heavy atom. The number of rotatable bonds is 6. The minimum absolute atomic E-state index is 0.00604. The molecule has 1 aliphatic rings. The van der Waals surface area contributed by atoms with Crippen molar-refractivity contribution in [3.8, 4) is 0 Å². The molecule has 4 rings (SSSR count). The number of fused-ring (bicyclic) bond motifs is 1. The molecule has 0 aliphatic carbocycles. The van der Waals surface area contributed by atoms with Crippen molar-refractivity contribution in [3.63, 3.8) is 0 Å². The molecule has 0 N–H and O–H groups in total. The fourth-order valence-electron chi connectivity index (χ4n) is 4.27. The lowest BCUT2D eigenvalue weighted by molar-refractivity contribution is 0.0605. The van der Waals surface area contributed by atoms with Gasteiger partial charge in [-0.25, -0.2) is 4.98 Å². The minimum Gasteiger partial charge on any atom is -0.339 e. The second-order valence-electron chi connectivity index (χ2n) is 7.94. The van der Waals surface area contributed by atoms with E-state index in [0.29, 0.717) is 12.6 Å². The summed E-state index contributed by atoms with van der Waals surface area (Å²) in [6, 6.07) is 11.6. The van der Waals surface area contributed by atoms with Crippen molar-refractivity contribution < 1.29 is 4.79 Å². The number of amides is 1. The maximum absolute atomic E-state index is 12.7. The number of hydrogen-bond acceptors (Lipinski definition) is 5. The summed E-state index contributed by atoms with van der Waals surface area (Å²) in [6.07, 6.45) is 2.93. The number of likely N-dealkylation sites (tertiary alicyclic amines) is 1. The molecule has 2 aromatic heterocycles. The topological polar surface area (TPSA) is 57.9 Å². The van der Waals surface area contributed by atoms with E-state index in [4.69, 9.17) is 4.98 Å². The molecule has 1 fully saturated rings. The summed E-state index contributed by atoms with van der Waals surface area (Å²) in [5.74, 6) is 0.115. The van der Waals surface area contributed by atoms with Crippen LogP contribution >= 0.6 is 11.3 Å². The van der Waals surface area contributed by atoms with Gasteiger partial charge >= 0.3 is 0 Å². The van der Waals surface area contributed by atoms with Crippen LogP contribution in [0.2, 0.25) is 0 Å². The highest BCUT2D eigenvalue weighted by atomic mass is 32.1. The molecule has 30 heavy (non-hydrogen) atoms. The first-order valence-corrected chi connectivity index (χ1v) is 11.5. The highest BCUT2D eigenvalue weighted by molar-refractivity contribution is 7.15. The van der Waals surface area contributed by atoms with Crippen LogP contribution in [0.25, 0.3) is 4.96 Å². The van der Waals surface area contributed by atoms with Crippen molar-refractivity contribution in [1.29, 1.82) is 0 Å². The van der Waals surface area contributed by atoms with Gasteiger partial charge in [-0.1, -0.05) is 25.1 Å². The maximum atomic E-state index is 12.7. The van der Waals surface area contributed by atoms with E-state index in [2.05, 4.69) is 11.8 Å². The van der Waals surface area contributed by atoms with Gasteiger partial charge in [-0.05, 0) is 44.9 Å². The Hall–Kier alpha value is -2.51. The van der Waals surface area contributed by atoms with E-state index in [-0.39, 0.29) is 11.5 Å². The lowest BCUT2D eigenvalue weighted by Crippen LogP contribution is -2.46. The van der Waals surface area contributed by atoms with Crippen molar-refractivity contribution in [2.75, 3.05) is 19.6 Å². The van der Waals surface area contributed by atoms with Crippen molar-refractivity contribution in [2.24, 2.45) is 0 Å². The zero-order valence-corrected chi connectivity index (χ0v) is 18.4. The molecule has 1 aliphatic heterocycles. The summed E-state index contributed by atoms with van der Waals surface area (Å²) in [5, 5.41) is 1.97. The molecule has 3 heterocycles. The second kappa shape index (κ2) is 9.10. The van der Waals surface area contributed by atoms with E-state index < -0.39 is 0 Å². The van der Waals surface area contributed by atoms with Crippen LogP contribution in [0.4, 0.5) is 0 Å². The van der Waals surface area contributed by atoms with Gasteiger partial charge in [-0.2, -0.15) is 0 Å². The minimum atomic E-state index is -0.00604. The van der Waals surface area contributed by atoms with Crippen molar-refractivity contribution in [2.45, 2.75) is 45.7 Å². The van der Waals surface area contributed by atoms with Gasteiger partial charge in [-0.15, -0.1) is 11.3 Å². The monoisotopic (exact) mass is 424 g/mol. The number of carbonyl (C=O) groups excluding carboxylic acids is 1. The van der Waals surface area contributed by atoms with E-state index in [9.17, 15) is 9.59 Å². The fourth-order valence-corrected chi connectivity index (χ4v) is 5.16. The summed E-state index contributed by atoms with van der Waals surface area (Å²) in [7, 11) is 0. The van der Waals surface area contributed by atoms with Crippen LogP contribution in [0, 0.1) is 6.92 Å². The average molecular weight is 425 g/mol. The Bertz CT molecular complexity index is 1070. The summed E-state index contributed by atoms with van der Waals surface area (Å²) in [4.78, 5) is 35.1. The number of benzene rings is 1. The number of aryl methyl sites for hydroxylation is 1. The maximum Gasteiger partial charge on any atom is 0.259 e. The van der Waals surface area contributed by atoms with Crippen LogP contribution < -0.4 is 5.56 Å². The smallest absolute Gasteiger partial charge is 0.259 e. The lowest BCUT2D eigenvalue weighted by atomic mass is 10.0. The first kappa shape index (κ1) is 20.8. The predicted octanol–water partition coefficient (Wildman–Crippen LogP) is 3.58. The standard InChI is InChI=1S/C23H28N4O2S/c1-3-11-26(15-19-14-21(28)27-17(2)16-30-23(27)24-19)20-9-12-25(13-10-20)22(29)18-7-5-4-6-8-18/h4-8,14,16,20H,3,9-13,15H2,1-2H3. The summed E-state index contributed by atoms with van der Waals surface area (Å²) in [5.41, 5.74) is 2.51. The molecule has 158 valence electrons. The largest absolute Gasteiger partial charge is 0.339 e. The van der Waals surface area contributed by atoms with Gasteiger partial charge in [0.2, 0.25) is 0 Å². The van der Waals surface area contributed by atoms with E-state index in [1.165, 1.54) is 11.3 Å². The highest BCUT2D eigenvalue weighted by Gasteiger charge is 2.27. The molecule has 6 nitrogen and oxygen atoms in total. The number of aromatic nitrogens is 2. The van der Waals surface area contributed by atoms with E-state index in [1.54, 1.807) is 10.5 Å². The number of piperidine rings is 1. The van der Waals surface area contributed by atoms with E-state index in [0.717, 1.165) is 60.8 Å². The van der Waals surface area contributed by atoms with Gasteiger partial charge in [-0.3, -0.25) is 18.9 Å². The molecule has 0 radical (unpaired) electrons. The second-order valence-corrected chi connectivity index (χ2v) is 8.78. The Balaban J connectivity index is 1.44. The van der Waals surface area contributed by atoms with E-state index in [1.807, 2.05) is 47.5 Å². The van der Waals surface area contributed by atoms with Gasteiger partial charge in [0.25, 0.3) is 11.5 Å². The van der Waals surface area contributed by atoms with Gasteiger partial charge in [0.1, 0.15) is 0 Å². The van der Waals surface area contributed by atoms with Crippen LogP contribution in [0.5, 0.6) is 0 Å². The molecule has 3 aromatic rings. The van der Waals surface area contributed by atoms with Gasteiger partial charge in [0.15, 0.2) is 4.96 Å². The Morgan fingerprint density at radius 3 is 2.67 bits per heavy atom. The predicted molar refractivity (Wildman–Crippen MR) is 120 cm³/mol. The first-order valence-electron chi connectivity index (χ1n) is 10.6. The van der Waals surface area contributed by atoms with Crippen LogP contribution in [-0.4, -0.2) is 50.8 Å². The molecule has 7 heteroatoms. The third kappa shape index (κ3) is 4.32. The van der Waals surface area contributed by atoms with Crippen LogP contribution in [0.15, 0.2) is 46.6 Å². The molecule has 1 amide bonds. The molecule has 0 spiro atoms. The molecule has 0 unspecified atom stereocenters. The zero-order chi connectivity index (χ0) is 21.1. The molecular weight excluding hydrogens is 396 g/mol. The number of hydrogen-bond donors (Lipinski definition) is 0. The number of nitrogens with zero attached hydrogens (tertiary/aromatic N) is 4. The van der Waals surface area contributed by atoms with Crippen LogP contribution in [0.1, 0.15) is 47.9 Å². The summed E-state index contributed by atoms with van der Waals surface area (Å²) < 4.78 is 1.67. The normalized spacial score (nSPS) is 15.2. The highest BCUT2D eigenvalue weighted by Crippen LogP contribution is 2.21. The molecule has 1 saturated heterocycles. The lowest BCUT2D eigenvalue weighted by Gasteiger charge is -2.38. The number of thiazole rings is 1. The number of carbonyl (C=O) groups is 1. The Kier molecular flexibility index (Phi) is 6.29. The Morgan fingerprint density at radius 2 is 1.97 bits per heavy atom. The summed E-state index contributed by atoms with van der Waals surface area (Å²) in [6.45, 7) is 7.26.